The summed E-state index contributed by atoms with van der Waals surface area (Å²) in [4.78, 5) is 4.43. The van der Waals surface area contributed by atoms with Crippen LogP contribution in [-0.4, -0.2) is 13.2 Å². The first-order valence-corrected chi connectivity index (χ1v) is 4.67. The molecular formula is C11H17NO2. The fourth-order valence-corrected chi connectivity index (χ4v) is 1.29. The number of aryl methyl sites for hydroxylation is 3. The van der Waals surface area contributed by atoms with Gasteiger partial charge in [-0.25, -0.2) is 5.90 Å². The van der Waals surface area contributed by atoms with Crippen molar-refractivity contribution in [2.24, 2.45) is 5.90 Å². The minimum atomic E-state index is 0.409. The highest BCUT2D eigenvalue weighted by molar-refractivity contribution is 5.40. The van der Waals surface area contributed by atoms with Gasteiger partial charge < -0.3 is 9.57 Å². The van der Waals surface area contributed by atoms with Gasteiger partial charge in [-0.05, 0) is 43.5 Å². The largest absolute Gasteiger partial charge is 0.491 e. The standard InChI is InChI=1S/C11H17NO2/c1-8-6-10(3)11(7-9(8)2)13-4-5-14-12/h6-7H,4-5,12H2,1-3H3. The van der Waals surface area contributed by atoms with Crippen LogP contribution in [0.1, 0.15) is 16.7 Å². The monoisotopic (exact) mass is 195 g/mol. The zero-order valence-electron chi connectivity index (χ0n) is 8.96. The number of hydrogen-bond donors (Lipinski definition) is 1. The van der Waals surface area contributed by atoms with Crippen molar-refractivity contribution in [3.63, 3.8) is 0 Å². The Labute approximate surface area is 84.8 Å². The summed E-state index contributed by atoms with van der Waals surface area (Å²) in [5.41, 5.74) is 3.66. The van der Waals surface area contributed by atoms with Crippen molar-refractivity contribution in [2.45, 2.75) is 20.8 Å². The molecule has 1 aromatic rings. The van der Waals surface area contributed by atoms with Gasteiger partial charge in [0.25, 0.3) is 0 Å². The van der Waals surface area contributed by atoms with E-state index in [2.05, 4.69) is 24.8 Å². The molecule has 0 saturated heterocycles. The molecule has 3 nitrogen and oxygen atoms in total. The number of nitrogens with two attached hydrogens (primary N) is 1. The van der Waals surface area contributed by atoms with Crippen molar-refractivity contribution in [1.82, 2.24) is 0 Å². The molecule has 0 amide bonds. The summed E-state index contributed by atoms with van der Waals surface area (Å²) in [7, 11) is 0. The van der Waals surface area contributed by atoms with Crippen LogP contribution >= 0.6 is 0 Å². The molecule has 0 unspecified atom stereocenters. The summed E-state index contributed by atoms with van der Waals surface area (Å²) in [6, 6.07) is 4.16. The van der Waals surface area contributed by atoms with E-state index in [-0.39, 0.29) is 0 Å². The molecule has 0 aromatic heterocycles. The smallest absolute Gasteiger partial charge is 0.122 e. The predicted octanol–water partition coefficient (Wildman–Crippen LogP) is 1.88. The Bertz CT molecular complexity index is 310. The molecule has 0 atom stereocenters. The molecule has 0 aliphatic rings. The Morgan fingerprint density at radius 2 is 1.64 bits per heavy atom. The lowest BCUT2D eigenvalue weighted by atomic mass is 10.1. The van der Waals surface area contributed by atoms with Gasteiger partial charge in [-0.3, -0.25) is 0 Å². The normalized spacial score (nSPS) is 10.3. The lowest BCUT2D eigenvalue weighted by molar-refractivity contribution is 0.102. The number of hydrogen-bond acceptors (Lipinski definition) is 3. The molecule has 1 rings (SSSR count). The summed E-state index contributed by atoms with van der Waals surface area (Å²) >= 11 is 0. The second-order valence-corrected chi connectivity index (χ2v) is 3.42. The van der Waals surface area contributed by atoms with Crippen molar-refractivity contribution < 1.29 is 9.57 Å². The van der Waals surface area contributed by atoms with Crippen LogP contribution in [0.15, 0.2) is 12.1 Å². The van der Waals surface area contributed by atoms with Crippen LogP contribution in [0.3, 0.4) is 0 Å². The van der Waals surface area contributed by atoms with Crippen molar-refractivity contribution in [3.05, 3.63) is 28.8 Å². The average Bonchev–Trinajstić information content (AvgIpc) is 2.14. The number of ether oxygens (including phenoxy) is 1. The zero-order valence-corrected chi connectivity index (χ0v) is 8.96. The molecule has 0 aliphatic carbocycles. The minimum absolute atomic E-state index is 0.409. The summed E-state index contributed by atoms with van der Waals surface area (Å²) in [5, 5.41) is 0. The SMILES string of the molecule is Cc1cc(C)c(OCCON)cc1C. The molecule has 0 bridgehead atoms. The Kier molecular flexibility index (Phi) is 3.92. The van der Waals surface area contributed by atoms with Crippen molar-refractivity contribution in [1.29, 1.82) is 0 Å². The van der Waals surface area contributed by atoms with Gasteiger partial charge in [0.2, 0.25) is 0 Å². The molecule has 0 fully saturated rings. The van der Waals surface area contributed by atoms with Crippen LogP contribution in [-0.2, 0) is 4.84 Å². The average molecular weight is 195 g/mol. The zero-order chi connectivity index (χ0) is 10.6. The van der Waals surface area contributed by atoms with E-state index in [0.717, 1.165) is 11.3 Å². The molecule has 14 heavy (non-hydrogen) atoms. The second-order valence-electron chi connectivity index (χ2n) is 3.42. The molecule has 2 N–H and O–H groups in total. The quantitative estimate of drug-likeness (QED) is 0.589. The second kappa shape index (κ2) is 4.98. The van der Waals surface area contributed by atoms with Gasteiger partial charge in [0, 0.05) is 0 Å². The molecule has 78 valence electrons. The third kappa shape index (κ3) is 2.72. The molecule has 1 aromatic carbocycles. The first-order chi connectivity index (χ1) is 6.65. The Morgan fingerprint density at radius 1 is 1.00 bits per heavy atom. The third-order valence-corrected chi connectivity index (χ3v) is 2.25. The Morgan fingerprint density at radius 3 is 2.29 bits per heavy atom. The minimum Gasteiger partial charge on any atom is -0.491 e. The molecule has 0 radical (unpaired) electrons. The van der Waals surface area contributed by atoms with Crippen LogP contribution in [0.2, 0.25) is 0 Å². The van der Waals surface area contributed by atoms with E-state index in [1.165, 1.54) is 11.1 Å². The molecule has 0 spiro atoms. The van der Waals surface area contributed by atoms with Crippen LogP contribution in [0.25, 0.3) is 0 Å². The van der Waals surface area contributed by atoms with Gasteiger partial charge in [0.1, 0.15) is 19.0 Å². The first-order valence-electron chi connectivity index (χ1n) is 4.67. The maximum atomic E-state index is 5.51. The Balaban J connectivity index is 2.72. The van der Waals surface area contributed by atoms with Crippen LogP contribution < -0.4 is 10.6 Å². The number of benzene rings is 1. The van der Waals surface area contributed by atoms with E-state index in [0.29, 0.717) is 13.2 Å². The highest BCUT2D eigenvalue weighted by atomic mass is 16.6. The van der Waals surface area contributed by atoms with E-state index in [1.54, 1.807) is 0 Å². The molecule has 0 saturated carbocycles. The van der Waals surface area contributed by atoms with Crippen LogP contribution in [0.4, 0.5) is 0 Å². The van der Waals surface area contributed by atoms with Gasteiger partial charge in [0.15, 0.2) is 0 Å². The summed E-state index contributed by atoms with van der Waals surface area (Å²) < 4.78 is 5.51. The van der Waals surface area contributed by atoms with Gasteiger partial charge in [-0.2, -0.15) is 0 Å². The fraction of sp³-hybridized carbons (Fsp3) is 0.455. The van der Waals surface area contributed by atoms with Crippen molar-refractivity contribution in [3.8, 4) is 5.75 Å². The first kappa shape index (κ1) is 11.0. The van der Waals surface area contributed by atoms with Gasteiger partial charge in [0.05, 0.1) is 0 Å². The highest BCUT2D eigenvalue weighted by Crippen LogP contribution is 2.22. The van der Waals surface area contributed by atoms with Crippen molar-refractivity contribution in [2.75, 3.05) is 13.2 Å². The maximum absolute atomic E-state index is 5.51. The van der Waals surface area contributed by atoms with Crippen LogP contribution in [0, 0.1) is 20.8 Å². The van der Waals surface area contributed by atoms with E-state index >= 15 is 0 Å². The van der Waals surface area contributed by atoms with E-state index in [9.17, 15) is 0 Å². The van der Waals surface area contributed by atoms with Gasteiger partial charge >= 0.3 is 0 Å². The van der Waals surface area contributed by atoms with Gasteiger partial charge in [-0.1, -0.05) is 6.07 Å². The van der Waals surface area contributed by atoms with Crippen molar-refractivity contribution >= 4 is 0 Å². The van der Waals surface area contributed by atoms with E-state index in [1.807, 2.05) is 13.0 Å². The molecule has 3 heteroatoms. The Hall–Kier alpha value is -1.06. The molecular weight excluding hydrogens is 178 g/mol. The number of rotatable bonds is 4. The predicted molar refractivity (Wildman–Crippen MR) is 56.3 cm³/mol. The van der Waals surface area contributed by atoms with E-state index in [4.69, 9.17) is 10.6 Å². The lowest BCUT2D eigenvalue weighted by Crippen LogP contribution is -2.10. The molecule has 0 aliphatic heterocycles. The third-order valence-electron chi connectivity index (χ3n) is 2.25. The summed E-state index contributed by atoms with van der Waals surface area (Å²) in [5.74, 6) is 5.81. The fourth-order valence-electron chi connectivity index (χ4n) is 1.29. The summed E-state index contributed by atoms with van der Waals surface area (Å²) in [6.07, 6.45) is 0. The van der Waals surface area contributed by atoms with Crippen LogP contribution in [0.5, 0.6) is 5.75 Å². The maximum Gasteiger partial charge on any atom is 0.122 e. The summed E-state index contributed by atoms with van der Waals surface area (Å²) in [6.45, 7) is 7.09. The lowest BCUT2D eigenvalue weighted by Gasteiger charge is -2.10. The van der Waals surface area contributed by atoms with Gasteiger partial charge in [-0.15, -0.1) is 0 Å². The topological polar surface area (TPSA) is 44.5 Å². The highest BCUT2D eigenvalue weighted by Gasteiger charge is 2.02. The molecule has 0 heterocycles. The van der Waals surface area contributed by atoms with E-state index < -0.39 is 0 Å².